The SMILES string of the molecule is Cc1cccc2cc(-c3ccc(C(=O)O)cc3O)oc12. The molecule has 0 atom stereocenters. The lowest BCUT2D eigenvalue weighted by Crippen LogP contribution is -1.95. The molecule has 0 unspecified atom stereocenters. The Hall–Kier alpha value is -2.75. The van der Waals surface area contributed by atoms with Gasteiger partial charge in [-0.2, -0.15) is 0 Å². The summed E-state index contributed by atoms with van der Waals surface area (Å²) in [5.74, 6) is -0.669. The lowest BCUT2D eigenvalue weighted by molar-refractivity contribution is 0.0696. The van der Waals surface area contributed by atoms with Gasteiger partial charge in [-0.3, -0.25) is 0 Å². The van der Waals surface area contributed by atoms with Gasteiger partial charge in [-0.1, -0.05) is 18.2 Å². The molecule has 0 saturated carbocycles. The van der Waals surface area contributed by atoms with Crippen LogP contribution in [0, 0.1) is 6.92 Å². The Labute approximate surface area is 114 Å². The summed E-state index contributed by atoms with van der Waals surface area (Å²) in [5.41, 5.74) is 2.30. The Morgan fingerprint density at radius 2 is 1.95 bits per heavy atom. The van der Waals surface area contributed by atoms with Crippen LogP contribution >= 0.6 is 0 Å². The minimum absolute atomic E-state index is 0.0403. The van der Waals surface area contributed by atoms with Gasteiger partial charge in [-0.25, -0.2) is 4.79 Å². The molecule has 1 aromatic heterocycles. The first kappa shape index (κ1) is 12.3. The van der Waals surface area contributed by atoms with Crippen molar-refractivity contribution in [3.63, 3.8) is 0 Å². The minimum Gasteiger partial charge on any atom is -0.507 e. The molecular formula is C16H12O4. The zero-order valence-corrected chi connectivity index (χ0v) is 10.8. The third-order valence-corrected chi connectivity index (χ3v) is 3.25. The van der Waals surface area contributed by atoms with Crippen LogP contribution in [0.25, 0.3) is 22.3 Å². The molecule has 0 aliphatic carbocycles. The summed E-state index contributed by atoms with van der Waals surface area (Å²) in [4.78, 5) is 10.9. The largest absolute Gasteiger partial charge is 0.507 e. The average molecular weight is 268 g/mol. The second kappa shape index (κ2) is 4.42. The van der Waals surface area contributed by atoms with E-state index in [1.165, 1.54) is 12.1 Å². The Morgan fingerprint density at radius 1 is 1.15 bits per heavy atom. The highest BCUT2D eigenvalue weighted by atomic mass is 16.4. The molecule has 2 N–H and O–H groups in total. The number of hydrogen-bond donors (Lipinski definition) is 2. The number of furan rings is 1. The fourth-order valence-electron chi connectivity index (χ4n) is 2.21. The van der Waals surface area contributed by atoms with Crippen LogP contribution in [-0.4, -0.2) is 16.2 Å². The molecule has 0 fully saturated rings. The number of aryl methyl sites for hydroxylation is 1. The van der Waals surface area contributed by atoms with Crippen LogP contribution in [0.1, 0.15) is 15.9 Å². The Morgan fingerprint density at radius 3 is 2.60 bits per heavy atom. The molecule has 0 saturated heterocycles. The van der Waals surface area contributed by atoms with Crippen molar-refractivity contribution in [1.82, 2.24) is 0 Å². The summed E-state index contributed by atoms with van der Waals surface area (Å²) in [6.07, 6.45) is 0. The Bertz CT molecular complexity index is 814. The van der Waals surface area contributed by atoms with Gasteiger partial charge in [0.05, 0.1) is 11.1 Å². The maximum Gasteiger partial charge on any atom is 0.335 e. The van der Waals surface area contributed by atoms with Gasteiger partial charge in [0, 0.05) is 5.39 Å². The maximum atomic E-state index is 10.9. The molecule has 0 aliphatic heterocycles. The van der Waals surface area contributed by atoms with Crippen LogP contribution in [0.3, 0.4) is 0 Å². The summed E-state index contributed by atoms with van der Waals surface area (Å²) >= 11 is 0. The van der Waals surface area contributed by atoms with Gasteiger partial charge in [0.1, 0.15) is 17.1 Å². The molecule has 0 bridgehead atoms. The summed E-state index contributed by atoms with van der Waals surface area (Å²) in [6.45, 7) is 1.95. The molecule has 100 valence electrons. The van der Waals surface area contributed by atoms with E-state index in [2.05, 4.69) is 0 Å². The highest BCUT2D eigenvalue weighted by Crippen LogP contribution is 2.35. The van der Waals surface area contributed by atoms with Crippen molar-refractivity contribution >= 4 is 16.9 Å². The van der Waals surface area contributed by atoms with E-state index >= 15 is 0 Å². The monoisotopic (exact) mass is 268 g/mol. The molecule has 20 heavy (non-hydrogen) atoms. The number of aromatic hydroxyl groups is 1. The molecule has 1 heterocycles. The molecule has 0 spiro atoms. The smallest absolute Gasteiger partial charge is 0.335 e. The molecule has 3 rings (SSSR count). The number of para-hydroxylation sites is 1. The molecule has 0 amide bonds. The van der Waals surface area contributed by atoms with E-state index in [9.17, 15) is 9.90 Å². The van der Waals surface area contributed by atoms with Crippen LogP contribution in [-0.2, 0) is 0 Å². The maximum absolute atomic E-state index is 10.9. The quantitative estimate of drug-likeness (QED) is 0.741. The average Bonchev–Trinajstić information content (AvgIpc) is 2.83. The van der Waals surface area contributed by atoms with Crippen molar-refractivity contribution in [2.24, 2.45) is 0 Å². The number of carbonyl (C=O) groups is 1. The van der Waals surface area contributed by atoms with Crippen molar-refractivity contribution in [3.05, 3.63) is 53.6 Å². The number of aromatic carboxylic acids is 1. The molecule has 3 aromatic rings. The van der Waals surface area contributed by atoms with E-state index in [1.807, 2.05) is 31.2 Å². The van der Waals surface area contributed by atoms with Crippen LogP contribution < -0.4 is 0 Å². The first-order valence-corrected chi connectivity index (χ1v) is 6.12. The number of carboxylic acid groups (broad SMARTS) is 1. The molecule has 2 aromatic carbocycles. The number of hydrogen-bond acceptors (Lipinski definition) is 3. The lowest BCUT2D eigenvalue weighted by atomic mass is 10.1. The number of fused-ring (bicyclic) bond motifs is 1. The van der Waals surface area contributed by atoms with E-state index in [0.717, 1.165) is 16.5 Å². The van der Waals surface area contributed by atoms with Crippen LogP contribution in [0.15, 0.2) is 46.9 Å². The molecule has 0 radical (unpaired) electrons. The minimum atomic E-state index is -1.08. The van der Waals surface area contributed by atoms with Gasteiger partial charge in [-0.15, -0.1) is 0 Å². The first-order chi connectivity index (χ1) is 9.56. The standard InChI is InChI=1S/C16H12O4/c1-9-3-2-4-10-8-14(20-15(9)10)12-6-5-11(16(18)19)7-13(12)17/h2-8,17H,1H3,(H,18,19). The summed E-state index contributed by atoms with van der Waals surface area (Å²) < 4.78 is 5.76. The first-order valence-electron chi connectivity index (χ1n) is 6.12. The predicted octanol–water partition coefficient (Wildman–Crippen LogP) is 3.81. The van der Waals surface area contributed by atoms with E-state index in [-0.39, 0.29) is 11.3 Å². The van der Waals surface area contributed by atoms with Crippen molar-refractivity contribution in [1.29, 1.82) is 0 Å². The lowest BCUT2D eigenvalue weighted by Gasteiger charge is -2.02. The second-order valence-corrected chi connectivity index (χ2v) is 4.64. The number of benzene rings is 2. The zero-order valence-electron chi connectivity index (χ0n) is 10.8. The molecule has 4 heteroatoms. The molecular weight excluding hydrogens is 256 g/mol. The van der Waals surface area contributed by atoms with Crippen LogP contribution in [0.2, 0.25) is 0 Å². The van der Waals surface area contributed by atoms with Crippen molar-refractivity contribution in [2.75, 3.05) is 0 Å². The highest BCUT2D eigenvalue weighted by Gasteiger charge is 2.13. The zero-order chi connectivity index (χ0) is 14.3. The van der Waals surface area contributed by atoms with Crippen molar-refractivity contribution < 1.29 is 19.4 Å². The number of rotatable bonds is 2. The van der Waals surface area contributed by atoms with Gasteiger partial charge in [0.25, 0.3) is 0 Å². The second-order valence-electron chi connectivity index (χ2n) is 4.64. The third-order valence-electron chi connectivity index (χ3n) is 3.25. The van der Waals surface area contributed by atoms with Crippen LogP contribution in [0.5, 0.6) is 5.75 Å². The van der Waals surface area contributed by atoms with E-state index in [0.29, 0.717) is 11.3 Å². The van der Waals surface area contributed by atoms with E-state index in [4.69, 9.17) is 9.52 Å². The Kier molecular flexibility index (Phi) is 2.71. The van der Waals surface area contributed by atoms with Gasteiger partial charge >= 0.3 is 5.97 Å². The fourth-order valence-corrected chi connectivity index (χ4v) is 2.21. The van der Waals surface area contributed by atoms with Gasteiger partial charge < -0.3 is 14.6 Å². The number of phenols is 1. The normalized spacial score (nSPS) is 10.8. The molecule has 4 nitrogen and oxygen atoms in total. The summed E-state index contributed by atoms with van der Waals surface area (Å²) in [7, 11) is 0. The number of phenolic OH excluding ortho intramolecular Hbond substituents is 1. The topological polar surface area (TPSA) is 70.7 Å². The fraction of sp³-hybridized carbons (Fsp3) is 0.0625. The van der Waals surface area contributed by atoms with Crippen LogP contribution in [0.4, 0.5) is 0 Å². The molecule has 0 aliphatic rings. The number of carboxylic acids is 1. The van der Waals surface area contributed by atoms with Gasteiger partial charge in [0.2, 0.25) is 0 Å². The highest BCUT2D eigenvalue weighted by molar-refractivity contribution is 5.90. The Balaban J connectivity index is 2.16. The summed E-state index contributed by atoms with van der Waals surface area (Å²) in [6, 6.07) is 11.9. The van der Waals surface area contributed by atoms with Gasteiger partial charge in [0.15, 0.2) is 0 Å². The van der Waals surface area contributed by atoms with E-state index < -0.39 is 5.97 Å². The summed E-state index contributed by atoms with van der Waals surface area (Å²) in [5, 5.41) is 19.8. The predicted molar refractivity (Wildman–Crippen MR) is 75.0 cm³/mol. The van der Waals surface area contributed by atoms with Crippen molar-refractivity contribution in [2.45, 2.75) is 6.92 Å². The van der Waals surface area contributed by atoms with Crippen molar-refractivity contribution in [3.8, 4) is 17.1 Å². The van der Waals surface area contributed by atoms with E-state index in [1.54, 1.807) is 6.07 Å². The third kappa shape index (κ3) is 1.91. The van der Waals surface area contributed by atoms with Gasteiger partial charge in [-0.05, 0) is 36.8 Å².